The summed E-state index contributed by atoms with van der Waals surface area (Å²) in [6.45, 7) is 0.724. The first-order valence-electron chi connectivity index (χ1n) is 8.41. The highest BCUT2D eigenvalue weighted by molar-refractivity contribution is 5.85. The molecular formula is C17H23Cl2F4N3O. The fourth-order valence-electron chi connectivity index (χ4n) is 3.43. The Bertz CT molecular complexity index is 630. The summed E-state index contributed by atoms with van der Waals surface area (Å²) < 4.78 is 53.9. The second-order valence-electron chi connectivity index (χ2n) is 6.78. The van der Waals surface area contributed by atoms with Crippen molar-refractivity contribution in [2.75, 3.05) is 19.6 Å². The van der Waals surface area contributed by atoms with Gasteiger partial charge in [-0.2, -0.15) is 0 Å². The number of carbonyl (C=O) groups excluding carboxylic acids is 1. The molecule has 2 aliphatic rings. The van der Waals surface area contributed by atoms with Crippen molar-refractivity contribution in [1.29, 1.82) is 0 Å². The SMILES string of the molecule is Cl.Cl.O=C(NC1CCCN(Cc2c(F)cccc2F)C1)C1CC(F)(F)CN1. The Morgan fingerprint density at radius 3 is 2.52 bits per heavy atom. The number of halogens is 6. The zero-order valence-corrected chi connectivity index (χ0v) is 16.2. The Hall–Kier alpha value is -1.09. The lowest BCUT2D eigenvalue weighted by Gasteiger charge is -2.33. The van der Waals surface area contributed by atoms with Crippen LogP contribution in [-0.2, 0) is 11.3 Å². The molecule has 10 heteroatoms. The largest absolute Gasteiger partial charge is 0.351 e. The predicted molar refractivity (Wildman–Crippen MR) is 98.7 cm³/mol. The highest BCUT2D eigenvalue weighted by Gasteiger charge is 2.42. The van der Waals surface area contributed by atoms with Crippen molar-refractivity contribution in [2.24, 2.45) is 0 Å². The highest BCUT2D eigenvalue weighted by Crippen LogP contribution is 2.25. The summed E-state index contributed by atoms with van der Waals surface area (Å²) in [5.74, 6) is -4.49. The van der Waals surface area contributed by atoms with Crippen LogP contribution in [0.4, 0.5) is 17.6 Å². The second kappa shape index (κ2) is 9.91. The van der Waals surface area contributed by atoms with Gasteiger partial charge in [-0.1, -0.05) is 6.07 Å². The van der Waals surface area contributed by atoms with Gasteiger partial charge in [0.25, 0.3) is 5.92 Å². The fourth-order valence-corrected chi connectivity index (χ4v) is 3.43. The lowest BCUT2D eigenvalue weighted by molar-refractivity contribution is -0.124. The quantitative estimate of drug-likeness (QED) is 0.720. The lowest BCUT2D eigenvalue weighted by atomic mass is 10.0. The number of hydrogen-bond donors (Lipinski definition) is 2. The molecule has 2 aliphatic heterocycles. The van der Waals surface area contributed by atoms with Crippen LogP contribution in [0.1, 0.15) is 24.8 Å². The van der Waals surface area contributed by atoms with Crippen molar-refractivity contribution < 1.29 is 22.4 Å². The average molecular weight is 432 g/mol. The van der Waals surface area contributed by atoms with Gasteiger partial charge in [0.1, 0.15) is 11.6 Å². The van der Waals surface area contributed by atoms with Crippen LogP contribution in [0.15, 0.2) is 18.2 Å². The van der Waals surface area contributed by atoms with E-state index < -0.39 is 42.5 Å². The van der Waals surface area contributed by atoms with Gasteiger partial charge in [0.2, 0.25) is 5.91 Å². The first-order chi connectivity index (χ1) is 11.8. The van der Waals surface area contributed by atoms with E-state index in [1.807, 2.05) is 4.90 Å². The minimum absolute atomic E-state index is 0. The standard InChI is InChI=1S/C17H21F4N3O.2ClH/c18-13-4-1-5-14(19)12(13)9-24-6-2-3-11(8-24)23-16(25)15-7-17(20,21)10-22-15;;/h1,4-5,11,15,22H,2-3,6-10H2,(H,23,25);2*1H. The Morgan fingerprint density at radius 2 is 1.93 bits per heavy atom. The van der Waals surface area contributed by atoms with Crippen LogP contribution in [-0.4, -0.2) is 48.4 Å². The molecule has 0 spiro atoms. The Labute approximate surface area is 167 Å². The number of hydrogen-bond acceptors (Lipinski definition) is 3. The number of amides is 1. The smallest absolute Gasteiger partial charge is 0.262 e. The van der Waals surface area contributed by atoms with Gasteiger partial charge in [0, 0.05) is 31.1 Å². The van der Waals surface area contributed by atoms with Crippen molar-refractivity contribution in [2.45, 2.75) is 43.8 Å². The van der Waals surface area contributed by atoms with Gasteiger partial charge in [0.05, 0.1) is 12.6 Å². The Morgan fingerprint density at radius 1 is 1.26 bits per heavy atom. The lowest BCUT2D eigenvalue weighted by Crippen LogP contribution is -2.51. The summed E-state index contributed by atoms with van der Waals surface area (Å²) >= 11 is 0. The highest BCUT2D eigenvalue weighted by atomic mass is 35.5. The van der Waals surface area contributed by atoms with Gasteiger partial charge < -0.3 is 5.32 Å². The molecule has 0 aliphatic carbocycles. The molecule has 0 radical (unpaired) electrons. The molecule has 1 aromatic carbocycles. The summed E-state index contributed by atoms with van der Waals surface area (Å²) in [4.78, 5) is 14.0. The van der Waals surface area contributed by atoms with Gasteiger partial charge in [-0.3, -0.25) is 15.0 Å². The molecule has 2 saturated heterocycles. The van der Waals surface area contributed by atoms with Crippen molar-refractivity contribution in [3.8, 4) is 0 Å². The van der Waals surface area contributed by atoms with Crippen molar-refractivity contribution >= 4 is 30.7 Å². The van der Waals surface area contributed by atoms with E-state index in [4.69, 9.17) is 0 Å². The zero-order valence-electron chi connectivity index (χ0n) is 14.5. The van der Waals surface area contributed by atoms with E-state index in [0.717, 1.165) is 6.42 Å². The normalized spacial score (nSPS) is 24.6. The van der Waals surface area contributed by atoms with Gasteiger partial charge in [-0.05, 0) is 31.5 Å². The van der Waals surface area contributed by atoms with Crippen molar-refractivity contribution in [3.63, 3.8) is 0 Å². The van der Waals surface area contributed by atoms with E-state index in [1.54, 1.807) is 0 Å². The molecule has 1 aromatic rings. The van der Waals surface area contributed by atoms with E-state index in [2.05, 4.69) is 10.6 Å². The van der Waals surface area contributed by atoms with Crippen molar-refractivity contribution in [1.82, 2.24) is 15.5 Å². The van der Waals surface area contributed by atoms with Crippen molar-refractivity contribution in [3.05, 3.63) is 35.4 Å². The van der Waals surface area contributed by atoms with Crippen LogP contribution in [0, 0.1) is 11.6 Å². The molecule has 2 heterocycles. The number of piperidine rings is 1. The number of likely N-dealkylation sites (tertiary alicyclic amines) is 1. The fraction of sp³-hybridized carbons (Fsp3) is 0.588. The molecular weight excluding hydrogens is 409 g/mol. The minimum atomic E-state index is -2.86. The molecule has 0 saturated carbocycles. The first-order valence-corrected chi connectivity index (χ1v) is 8.41. The third kappa shape index (κ3) is 6.20. The molecule has 27 heavy (non-hydrogen) atoms. The van der Waals surface area contributed by atoms with E-state index in [-0.39, 0.29) is 43.0 Å². The molecule has 4 nitrogen and oxygen atoms in total. The maximum Gasteiger partial charge on any atom is 0.262 e. The Balaban J connectivity index is 0.00000182. The molecule has 1 amide bonds. The van der Waals surface area contributed by atoms with E-state index >= 15 is 0 Å². The summed E-state index contributed by atoms with van der Waals surface area (Å²) in [7, 11) is 0. The summed E-state index contributed by atoms with van der Waals surface area (Å²) in [5.41, 5.74) is 0.00609. The van der Waals surface area contributed by atoms with Crippen LogP contribution in [0.3, 0.4) is 0 Å². The molecule has 2 atom stereocenters. The number of nitrogens with zero attached hydrogens (tertiary/aromatic N) is 1. The predicted octanol–water partition coefficient (Wildman–Crippen LogP) is 2.89. The number of nitrogens with one attached hydrogen (secondary N) is 2. The van der Waals surface area contributed by atoms with Crippen LogP contribution in [0.2, 0.25) is 0 Å². The van der Waals surface area contributed by atoms with E-state index in [1.165, 1.54) is 18.2 Å². The molecule has 0 bridgehead atoms. The van der Waals surface area contributed by atoms with Crippen LogP contribution in [0.5, 0.6) is 0 Å². The zero-order chi connectivity index (χ0) is 18.0. The monoisotopic (exact) mass is 431 g/mol. The number of rotatable bonds is 4. The summed E-state index contributed by atoms with van der Waals surface area (Å²) in [6.07, 6.45) is 0.968. The molecule has 2 fully saturated rings. The molecule has 3 rings (SSSR count). The van der Waals surface area contributed by atoms with E-state index in [9.17, 15) is 22.4 Å². The summed E-state index contributed by atoms with van der Waals surface area (Å²) in [6, 6.07) is 2.64. The molecule has 2 N–H and O–H groups in total. The summed E-state index contributed by atoms with van der Waals surface area (Å²) in [5, 5.41) is 5.31. The first kappa shape index (κ1) is 23.9. The van der Waals surface area contributed by atoms with Gasteiger partial charge in [0.15, 0.2) is 0 Å². The van der Waals surface area contributed by atoms with Gasteiger partial charge in [-0.25, -0.2) is 17.6 Å². The third-order valence-electron chi connectivity index (χ3n) is 4.72. The second-order valence-corrected chi connectivity index (χ2v) is 6.78. The number of benzene rings is 1. The van der Waals surface area contributed by atoms with E-state index in [0.29, 0.717) is 19.5 Å². The van der Waals surface area contributed by atoms with Crippen LogP contribution >= 0.6 is 24.8 Å². The molecule has 154 valence electrons. The maximum atomic E-state index is 13.8. The van der Waals surface area contributed by atoms with Gasteiger partial charge in [-0.15, -0.1) is 24.8 Å². The molecule has 2 unspecified atom stereocenters. The van der Waals surface area contributed by atoms with Crippen LogP contribution < -0.4 is 10.6 Å². The number of carbonyl (C=O) groups is 1. The van der Waals surface area contributed by atoms with Crippen LogP contribution in [0.25, 0.3) is 0 Å². The third-order valence-corrected chi connectivity index (χ3v) is 4.72. The number of alkyl halides is 2. The minimum Gasteiger partial charge on any atom is -0.351 e. The molecule has 0 aromatic heterocycles. The van der Waals surface area contributed by atoms with Gasteiger partial charge >= 0.3 is 0 Å². The topological polar surface area (TPSA) is 44.4 Å². The maximum absolute atomic E-state index is 13.8. The average Bonchev–Trinajstić information content (AvgIpc) is 2.92. The Kier molecular flexibility index (Phi) is 8.79.